The van der Waals surface area contributed by atoms with E-state index in [0.717, 1.165) is 18.2 Å². The van der Waals surface area contributed by atoms with E-state index in [4.69, 9.17) is 9.15 Å². The molecular weight excluding hydrogens is 316 g/mol. The lowest BCUT2D eigenvalue weighted by atomic mass is 10.1. The quantitative estimate of drug-likeness (QED) is 0.230. The van der Waals surface area contributed by atoms with Gasteiger partial charge in [-0.3, -0.25) is 4.79 Å². The third kappa shape index (κ3) is 7.12. The Morgan fingerprint density at radius 2 is 1.56 bits per heavy atom. The van der Waals surface area contributed by atoms with Gasteiger partial charge < -0.3 is 9.15 Å². The van der Waals surface area contributed by atoms with Crippen molar-refractivity contribution < 1.29 is 13.9 Å². The minimum atomic E-state index is -0.411. The van der Waals surface area contributed by atoms with Crippen LogP contribution in [0.1, 0.15) is 71.1 Å². The molecule has 0 aliphatic rings. The largest absolute Gasteiger partial charge is 0.426 e. The molecule has 136 valence electrons. The molecule has 1 heterocycles. The average Bonchev–Trinajstić information content (AvgIpc) is 2.60. The van der Waals surface area contributed by atoms with E-state index in [9.17, 15) is 9.59 Å². The van der Waals surface area contributed by atoms with Gasteiger partial charge in [0.05, 0.1) is 0 Å². The lowest BCUT2D eigenvalue weighted by Gasteiger charge is -2.05. The van der Waals surface area contributed by atoms with Gasteiger partial charge in [0.25, 0.3) is 0 Å². The van der Waals surface area contributed by atoms with Crippen molar-refractivity contribution in [1.82, 2.24) is 0 Å². The first-order chi connectivity index (χ1) is 12.2. The molecule has 2 aromatic rings. The summed E-state index contributed by atoms with van der Waals surface area (Å²) in [6, 6.07) is 8.15. The Hall–Kier alpha value is -2.10. The highest BCUT2D eigenvalue weighted by Crippen LogP contribution is 2.20. The smallest absolute Gasteiger partial charge is 0.336 e. The highest BCUT2D eigenvalue weighted by molar-refractivity contribution is 5.79. The molecule has 0 bridgehead atoms. The van der Waals surface area contributed by atoms with E-state index in [1.54, 1.807) is 24.3 Å². The molecule has 0 radical (unpaired) electrons. The Bertz CT molecular complexity index is 717. The van der Waals surface area contributed by atoms with E-state index in [-0.39, 0.29) is 5.97 Å². The van der Waals surface area contributed by atoms with Gasteiger partial charge in [-0.15, -0.1) is 0 Å². The summed E-state index contributed by atoms with van der Waals surface area (Å²) >= 11 is 0. The fourth-order valence-corrected chi connectivity index (χ4v) is 2.87. The highest BCUT2D eigenvalue weighted by Gasteiger charge is 2.06. The van der Waals surface area contributed by atoms with Crippen molar-refractivity contribution in [2.75, 3.05) is 0 Å². The normalized spacial score (nSPS) is 10.9. The highest BCUT2D eigenvalue weighted by atomic mass is 16.5. The fraction of sp³-hybridized carbons (Fsp3) is 0.524. The van der Waals surface area contributed by atoms with Crippen LogP contribution in [0.5, 0.6) is 5.75 Å². The summed E-state index contributed by atoms with van der Waals surface area (Å²) in [4.78, 5) is 23.2. The number of hydrogen-bond donors (Lipinski definition) is 0. The first-order valence-electron chi connectivity index (χ1n) is 9.43. The van der Waals surface area contributed by atoms with Crippen molar-refractivity contribution in [3.63, 3.8) is 0 Å². The van der Waals surface area contributed by atoms with Crippen LogP contribution in [0.25, 0.3) is 11.0 Å². The second-order valence-corrected chi connectivity index (χ2v) is 6.51. The van der Waals surface area contributed by atoms with Gasteiger partial charge in [0.1, 0.15) is 11.3 Å². The van der Waals surface area contributed by atoms with Gasteiger partial charge in [0, 0.05) is 23.9 Å². The molecule has 25 heavy (non-hydrogen) atoms. The summed E-state index contributed by atoms with van der Waals surface area (Å²) in [7, 11) is 0. The van der Waals surface area contributed by atoms with Gasteiger partial charge in [-0.25, -0.2) is 4.79 Å². The number of carbonyl (C=O) groups is 1. The van der Waals surface area contributed by atoms with Crippen molar-refractivity contribution in [3.05, 3.63) is 40.8 Å². The maximum absolute atomic E-state index is 11.9. The first-order valence-corrected chi connectivity index (χ1v) is 9.43. The maximum atomic E-state index is 11.9. The van der Waals surface area contributed by atoms with Crippen LogP contribution in [0.2, 0.25) is 0 Å². The fourth-order valence-electron chi connectivity index (χ4n) is 2.87. The monoisotopic (exact) mass is 344 g/mol. The minimum absolute atomic E-state index is 0.236. The molecule has 1 aromatic carbocycles. The van der Waals surface area contributed by atoms with Crippen molar-refractivity contribution in [1.29, 1.82) is 0 Å². The number of rotatable bonds is 11. The Balaban J connectivity index is 1.64. The van der Waals surface area contributed by atoms with Crippen LogP contribution >= 0.6 is 0 Å². The third-order valence-corrected chi connectivity index (χ3v) is 4.31. The van der Waals surface area contributed by atoms with Crippen molar-refractivity contribution in [2.24, 2.45) is 0 Å². The molecule has 0 atom stereocenters. The average molecular weight is 344 g/mol. The summed E-state index contributed by atoms with van der Waals surface area (Å²) in [5.41, 5.74) is 0.0199. The summed E-state index contributed by atoms with van der Waals surface area (Å²) in [6.45, 7) is 2.23. The Labute approximate surface area is 149 Å². The van der Waals surface area contributed by atoms with Gasteiger partial charge in [0.15, 0.2) is 0 Å². The SMILES string of the molecule is CCCCCCCCCCCC(=O)Oc1ccc2ccc(=O)oc2c1. The Kier molecular flexibility index (Phi) is 8.23. The van der Waals surface area contributed by atoms with Gasteiger partial charge >= 0.3 is 11.6 Å². The zero-order chi connectivity index (χ0) is 17.9. The van der Waals surface area contributed by atoms with Crippen molar-refractivity contribution in [3.8, 4) is 5.75 Å². The van der Waals surface area contributed by atoms with Crippen LogP contribution in [0, 0.1) is 0 Å². The second-order valence-electron chi connectivity index (χ2n) is 6.51. The molecule has 0 N–H and O–H groups in total. The van der Waals surface area contributed by atoms with Crippen LogP contribution in [0.15, 0.2) is 39.5 Å². The number of benzene rings is 1. The van der Waals surface area contributed by atoms with Gasteiger partial charge in [-0.05, 0) is 24.6 Å². The number of unbranched alkanes of at least 4 members (excludes halogenated alkanes) is 8. The molecule has 1 aromatic heterocycles. The lowest BCUT2D eigenvalue weighted by Crippen LogP contribution is -2.07. The van der Waals surface area contributed by atoms with Gasteiger partial charge in [-0.2, -0.15) is 0 Å². The van der Waals surface area contributed by atoms with E-state index >= 15 is 0 Å². The molecule has 4 heteroatoms. The molecule has 0 saturated carbocycles. The van der Waals surface area contributed by atoms with Crippen LogP contribution < -0.4 is 10.4 Å². The first kappa shape index (κ1) is 19.2. The van der Waals surface area contributed by atoms with E-state index in [0.29, 0.717) is 17.8 Å². The van der Waals surface area contributed by atoms with Crippen LogP contribution in [0.3, 0.4) is 0 Å². The van der Waals surface area contributed by atoms with Crippen molar-refractivity contribution in [2.45, 2.75) is 71.1 Å². The minimum Gasteiger partial charge on any atom is -0.426 e. The van der Waals surface area contributed by atoms with Crippen LogP contribution in [0.4, 0.5) is 0 Å². The number of hydrogen-bond acceptors (Lipinski definition) is 4. The number of ether oxygens (including phenoxy) is 1. The molecule has 0 spiro atoms. The molecule has 4 nitrogen and oxygen atoms in total. The summed E-state index contributed by atoms with van der Waals surface area (Å²) in [5, 5.41) is 0.804. The van der Waals surface area contributed by atoms with Crippen LogP contribution in [-0.2, 0) is 4.79 Å². The zero-order valence-corrected chi connectivity index (χ0v) is 15.1. The molecular formula is C21H28O4. The Morgan fingerprint density at radius 1 is 0.920 bits per heavy atom. The van der Waals surface area contributed by atoms with E-state index in [1.807, 2.05) is 0 Å². The number of carbonyl (C=O) groups excluding carboxylic acids is 1. The summed E-state index contributed by atoms with van der Waals surface area (Å²) < 4.78 is 10.4. The topological polar surface area (TPSA) is 56.5 Å². The summed E-state index contributed by atoms with van der Waals surface area (Å²) in [5.74, 6) is 0.184. The second kappa shape index (κ2) is 10.7. The van der Waals surface area contributed by atoms with Crippen molar-refractivity contribution >= 4 is 16.9 Å². The van der Waals surface area contributed by atoms with Gasteiger partial charge in [-0.1, -0.05) is 58.3 Å². The molecule has 2 rings (SSSR count). The molecule has 0 aliphatic carbocycles. The predicted molar refractivity (Wildman–Crippen MR) is 100.0 cm³/mol. The van der Waals surface area contributed by atoms with Crippen LogP contribution in [-0.4, -0.2) is 5.97 Å². The number of fused-ring (bicyclic) bond motifs is 1. The molecule has 0 amide bonds. The zero-order valence-electron chi connectivity index (χ0n) is 15.1. The lowest BCUT2D eigenvalue weighted by molar-refractivity contribution is -0.134. The predicted octanol–water partition coefficient (Wildman–Crippen LogP) is 5.62. The van der Waals surface area contributed by atoms with Gasteiger partial charge in [0.2, 0.25) is 0 Å². The molecule has 0 aliphatic heterocycles. The maximum Gasteiger partial charge on any atom is 0.336 e. The van der Waals surface area contributed by atoms with E-state index in [1.165, 1.54) is 51.0 Å². The third-order valence-electron chi connectivity index (χ3n) is 4.31. The molecule has 0 saturated heterocycles. The standard InChI is InChI=1S/C21H28O4/c1-2-3-4-5-6-7-8-9-10-11-20(22)24-18-14-12-17-13-15-21(23)25-19(17)16-18/h12-16H,2-11H2,1H3. The Morgan fingerprint density at radius 3 is 2.28 bits per heavy atom. The van der Waals surface area contributed by atoms with E-state index < -0.39 is 5.63 Å². The number of esters is 1. The van der Waals surface area contributed by atoms with E-state index in [2.05, 4.69) is 6.92 Å². The molecule has 0 unspecified atom stereocenters. The molecule has 0 fully saturated rings. The summed E-state index contributed by atoms with van der Waals surface area (Å²) in [6.07, 6.45) is 11.4.